The maximum atomic E-state index is 8.82. The summed E-state index contributed by atoms with van der Waals surface area (Å²) in [6.07, 6.45) is 3.73. The van der Waals surface area contributed by atoms with Crippen molar-refractivity contribution in [3.05, 3.63) is 6.07 Å². The Kier molecular flexibility index (Phi) is 6.01. The van der Waals surface area contributed by atoms with Crippen LogP contribution in [-0.4, -0.2) is 59.8 Å². The first-order valence-electron chi connectivity index (χ1n) is 7.59. The van der Waals surface area contributed by atoms with E-state index in [4.69, 9.17) is 10.8 Å². The zero-order chi connectivity index (χ0) is 15.1. The van der Waals surface area contributed by atoms with Crippen LogP contribution >= 0.6 is 0 Å². The zero-order valence-electron chi connectivity index (χ0n) is 12.7. The molecule has 1 aliphatic rings. The first-order valence-corrected chi connectivity index (χ1v) is 7.59. The van der Waals surface area contributed by atoms with Gasteiger partial charge in [0.2, 0.25) is 5.95 Å². The molecular formula is C14H26N6O. The molecule has 2 heterocycles. The van der Waals surface area contributed by atoms with E-state index in [1.165, 1.54) is 25.9 Å². The molecule has 1 aliphatic heterocycles. The van der Waals surface area contributed by atoms with Crippen LogP contribution in [0.1, 0.15) is 19.3 Å². The van der Waals surface area contributed by atoms with Gasteiger partial charge in [-0.15, -0.1) is 0 Å². The first kappa shape index (κ1) is 15.8. The SMILES string of the molecule is CN1CCCC(CCNc2cc(NCCO)nc(N)n2)C1. The molecule has 0 saturated carbocycles. The van der Waals surface area contributed by atoms with Crippen LogP contribution in [0.3, 0.4) is 0 Å². The number of likely N-dealkylation sites (tertiary alicyclic amines) is 1. The predicted octanol–water partition coefficient (Wildman–Crippen LogP) is 0.607. The molecule has 2 rings (SSSR count). The Bertz CT molecular complexity index is 441. The second-order valence-corrected chi connectivity index (χ2v) is 5.63. The van der Waals surface area contributed by atoms with Gasteiger partial charge in [-0.05, 0) is 38.8 Å². The van der Waals surface area contributed by atoms with Gasteiger partial charge in [0.1, 0.15) is 11.6 Å². The number of piperidine rings is 1. The topological polar surface area (TPSA) is 99.3 Å². The highest BCUT2D eigenvalue weighted by molar-refractivity contribution is 5.50. The van der Waals surface area contributed by atoms with Gasteiger partial charge in [0.25, 0.3) is 0 Å². The van der Waals surface area contributed by atoms with Crippen molar-refractivity contribution < 1.29 is 5.11 Å². The molecule has 1 unspecified atom stereocenters. The number of aromatic nitrogens is 2. The van der Waals surface area contributed by atoms with Crippen LogP contribution < -0.4 is 16.4 Å². The minimum Gasteiger partial charge on any atom is -0.395 e. The normalized spacial score (nSPS) is 19.4. The summed E-state index contributed by atoms with van der Waals surface area (Å²) in [5.41, 5.74) is 5.69. The Balaban J connectivity index is 1.80. The van der Waals surface area contributed by atoms with Crippen molar-refractivity contribution >= 4 is 17.6 Å². The molecule has 1 fully saturated rings. The maximum Gasteiger partial charge on any atom is 0.223 e. The van der Waals surface area contributed by atoms with Crippen molar-refractivity contribution in [3.63, 3.8) is 0 Å². The smallest absolute Gasteiger partial charge is 0.223 e. The van der Waals surface area contributed by atoms with E-state index < -0.39 is 0 Å². The highest BCUT2D eigenvalue weighted by atomic mass is 16.3. The van der Waals surface area contributed by atoms with Gasteiger partial charge in [-0.2, -0.15) is 9.97 Å². The molecule has 7 heteroatoms. The fourth-order valence-electron chi connectivity index (χ4n) is 2.74. The average Bonchev–Trinajstić information content (AvgIpc) is 2.45. The fourth-order valence-corrected chi connectivity index (χ4v) is 2.74. The number of nitrogens with two attached hydrogens (primary N) is 1. The predicted molar refractivity (Wildman–Crippen MR) is 85.3 cm³/mol. The van der Waals surface area contributed by atoms with Crippen molar-refractivity contribution in [2.45, 2.75) is 19.3 Å². The summed E-state index contributed by atoms with van der Waals surface area (Å²) >= 11 is 0. The van der Waals surface area contributed by atoms with E-state index in [1.807, 2.05) is 6.07 Å². The van der Waals surface area contributed by atoms with Gasteiger partial charge in [-0.1, -0.05) is 0 Å². The molecule has 0 radical (unpaired) electrons. The molecule has 7 nitrogen and oxygen atoms in total. The fraction of sp³-hybridized carbons (Fsp3) is 0.714. The van der Waals surface area contributed by atoms with E-state index in [2.05, 4.69) is 32.5 Å². The highest BCUT2D eigenvalue weighted by Gasteiger charge is 2.16. The van der Waals surface area contributed by atoms with Crippen LogP contribution in [-0.2, 0) is 0 Å². The summed E-state index contributed by atoms with van der Waals surface area (Å²) in [5, 5.41) is 15.1. The average molecular weight is 294 g/mol. The van der Waals surface area contributed by atoms with Crippen molar-refractivity contribution in [2.24, 2.45) is 5.92 Å². The quantitative estimate of drug-likeness (QED) is 0.584. The lowest BCUT2D eigenvalue weighted by molar-refractivity contribution is 0.205. The van der Waals surface area contributed by atoms with Gasteiger partial charge in [0.15, 0.2) is 0 Å². The summed E-state index contributed by atoms with van der Waals surface area (Å²) in [4.78, 5) is 10.7. The zero-order valence-corrected chi connectivity index (χ0v) is 12.7. The molecule has 21 heavy (non-hydrogen) atoms. The largest absolute Gasteiger partial charge is 0.395 e. The lowest BCUT2D eigenvalue weighted by Gasteiger charge is -2.29. The Hall–Kier alpha value is -1.60. The minimum atomic E-state index is 0.0574. The van der Waals surface area contributed by atoms with E-state index in [-0.39, 0.29) is 12.6 Å². The van der Waals surface area contributed by atoms with E-state index >= 15 is 0 Å². The van der Waals surface area contributed by atoms with E-state index in [9.17, 15) is 0 Å². The van der Waals surface area contributed by atoms with Gasteiger partial charge < -0.3 is 26.4 Å². The van der Waals surface area contributed by atoms with Crippen molar-refractivity contribution in [2.75, 3.05) is 56.2 Å². The molecule has 0 aliphatic carbocycles. The molecule has 1 saturated heterocycles. The molecule has 118 valence electrons. The second-order valence-electron chi connectivity index (χ2n) is 5.63. The van der Waals surface area contributed by atoms with Gasteiger partial charge in [-0.25, -0.2) is 0 Å². The van der Waals surface area contributed by atoms with Crippen LogP contribution in [0.2, 0.25) is 0 Å². The van der Waals surface area contributed by atoms with Crippen LogP contribution in [0.15, 0.2) is 6.07 Å². The molecular weight excluding hydrogens is 268 g/mol. The van der Waals surface area contributed by atoms with E-state index in [0.717, 1.165) is 24.7 Å². The molecule has 5 N–H and O–H groups in total. The molecule has 0 spiro atoms. The number of nitrogen functional groups attached to an aromatic ring is 1. The third-order valence-electron chi connectivity index (χ3n) is 3.74. The number of hydrogen-bond acceptors (Lipinski definition) is 7. The number of aliphatic hydroxyl groups is 1. The Morgan fingerprint density at radius 1 is 1.33 bits per heavy atom. The summed E-state index contributed by atoms with van der Waals surface area (Å²) in [6.45, 7) is 3.78. The number of aliphatic hydroxyl groups excluding tert-OH is 1. The number of anilines is 3. The van der Waals surface area contributed by atoms with Gasteiger partial charge in [0.05, 0.1) is 6.61 Å². The molecule has 0 aromatic carbocycles. The van der Waals surface area contributed by atoms with Crippen LogP contribution in [0.5, 0.6) is 0 Å². The van der Waals surface area contributed by atoms with Gasteiger partial charge in [0, 0.05) is 25.7 Å². The second kappa shape index (κ2) is 7.99. The summed E-state index contributed by atoms with van der Waals surface area (Å²) in [7, 11) is 2.18. The first-order chi connectivity index (χ1) is 10.2. The van der Waals surface area contributed by atoms with Crippen LogP contribution in [0.25, 0.3) is 0 Å². The number of nitrogens with one attached hydrogen (secondary N) is 2. The van der Waals surface area contributed by atoms with Gasteiger partial charge >= 0.3 is 0 Å². The van der Waals surface area contributed by atoms with Crippen molar-refractivity contribution in [3.8, 4) is 0 Å². The summed E-state index contributed by atoms with van der Waals surface area (Å²) in [6, 6.07) is 1.82. The molecule has 1 atom stereocenters. The maximum absolute atomic E-state index is 8.82. The Morgan fingerprint density at radius 3 is 2.71 bits per heavy atom. The third-order valence-corrected chi connectivity index (χ3v) is 3.74. The number of nitrogens with zero attached hydrogens (tertiary/aromatic N) is 3. The van der Waals surface area contributed by atoms with Crippen molar-refractivity contribution in [1.29, 1.82) is 0 Å². The number of hydrogen-bond donors (Lipinski definition) is 4. The summed E-state index contributed by atoms with van der Waals surface area (Å²) < 4.78 is 0. The molecule has 0 amide bonds. The molecule has 1 aromatic rings. The van der Waals surface area contributed by atoms with Crippen LogP contribution in [0, 0.1) is 5.92 Å². The molecule has 1 aromatic heterocycles. The van der Waals surface area contributed by atoms with Crippen LogP contribution in [0.4, 0.5) is 17.6 Å². The van der Waals surface area contributed by atoms with E-state index in [1.54, 1.807) is 0 Å². The number of rotatable bonds is 7. The van der Waals surface area contributed by atoms with Crippen molar-refractivity contribution in [1.82, 2.24) is 14.9 Å². The lowest BCUT2D eigenvalue weighted by Crippen LogP contribution is -2.32. The summed E-state index contributed by atoms with van der Waals surface area (Å²) in [5.74, 6) is 2.35. The lowest BCUT2D eigenvalue weighted by atomic mass is 9.95. The monoisotopic (exact) mass is 294 g/mol. The Labute approximate surface area is 126 Å². The molecule has 0 bridgehead atoms. The highest BCUT2D eigenvalue weighted by Crippen LogP contribution is 2.19. The van der Waals surface area contributed by atoms with E-state index in [0.29, 0.717) is 12.4 Å². The third kappa shape index (κ3) is 5.35. The standard InChI is InChI=1S/C14H26N6O/c1-20-7-2-3-11(10-20)4-5-16-12-9-13(17-6-8-21)19-14(15)18-12/h9,11,21H,2-8,10H2,1H3,(H4,15,16,17,18,19). The Morgan fingerprint density at radius 2 is 2.05 bits per heavy atom. The van der Waals surface area contributed by atoms with Gasteiger partial charge in [-0.3, -0.25) is 0 Å². The minimum absolute atomic E-state index is 0.0574.